The number of hydrogen-bond donors (Lipinski definition) is 0. The van der Waals surface area contributed by atoms with Gasteiger partial charge in [0.05, 0.1) is 0 Å². The predicted molar refractivity (Wildman–Crippen MR) is 90.2 cm³/mol. The van der Waals surface area contributed by atoms with Crippen molar-refractivity contribution in [3.8, 4) is 0 Å². The van der Waals surface area contributed by atoms with E-state index in [4.69, 9.17) is 0 Å². The third-order valence-electron chi connectivity index (χ3n) is 4.91. The first-order valence-corrected chi connectivity index (χ1v) is 7.78. The molecule has 2 unspecified atom stereocenters. The second kappa shape index (κ2) is 4.73. The summed E-state index contributed by atoms with van der Waals surface area (Å²) in [5, 5.41) is 0. The molecule has 0 nitrogen and oxygen atoms in total. The lowest BCUT2D eigenvalue weighted by atomic mass is 9.88. The van der Waals surface area contributed by atoms with Gasteiger partial charge in [-0.25, -0.2) is 0 Å². The monoisotopic (exact) mass is 272 g/mol. The number of benzene rings is 2. The summed E-state index contributed by atoms with van der Waals surface area (Å²) in [6.07, 6.45) is 7.01. The molecule has 0 spiro atoms. The zero-order chi connectivity index (χ0) is 14.4. The first kappa shape index (κ1) is 12.6. The van der Waals surface area contributed by atoms with Crippen molar-refractivity contribution in [2.75, 3.05) is 0 Å². The summed E-state index contributed by atoms with van der Waals surface area (Å²) in [5.41, 5.74) is 8.24. The highest BCUT2D eigenvalue weighted by Crippen LogP contribution is 2.53. The van der Waals surface area contributed by atoms with Crippen LogP contribution in [-0.4, -0.2) is 0 Å². The van der Waals surface area contributed by atoms with Gasteiger partial charge in [0.25, 0.3) is 0 Å². The summed E-state index contributed by atoms with van der Waals surface area (Å²) in [4.78, 5) is 0. The summed E-state index contributed by atoms with van der Waals surface area (Å²) >= 11 is 0. The molecule has 2 atom stereocenters. The molecule has 104 valence electrons. The fourth-order valence-corrected chi connectivity index (χ4v) is 3.61. The molecular weight excluding hydrogens is 252 g/mol. The molecule has 0 heterocycles. The Hall–Kier alpha value is -2.08. The van der Waals surface area contributed by atoms with Crippen molar-refractivity contribution in [3.05, 3.63) is 82.9 Å². The van der Waals surface area contributed by atoms with Gasteiger partial charge in [-0.05, 0) is 65.0 Å². The van der Waals surface area contributed by atoms with E-state index in [0.29, 0.717) is 0 Å². The maximum atomic E-state index is 4.34. The second-order valence-electron chi connectivity index (χ2n) is 6.38. The molecule has 0 radical (unpaired) electrons. The number of allylic oxidation sites excluding steroid dienone is 2. The lowest BCUT2D eigenvalue weighted by Gasteiger charge is -2.16. The van der Waals surface area contributed by atoms with Crippen LogP contribution in [0.1, 0.15) is 40.2 Å². The van der Waals surface area contributed by atoms with E-state index in [9.17, 15) is 0 Å². The molecule has 0 saturated heterocycles. The van der Waals surface area contributed by atoms with Crippen LogP contribution in [0.4, 0.5) is 0 Å². The molecular formula is C21H20. The first-order chi connectivity index (χ1) is 10.2. The fourth-order valence-electron chi connectivity index (χ4n) is 3.61. The van der Waals surface area contributed by atoms with Crippen LogP contribution in [0, 0.1) is 12.8 Å². The summed E-state index contributed by atoms with van der Waals surface area (Å²) in [5.74, 6) is 1.60. The Morgan fingerprint density at radius 1 is 1.14 bits per heavy atom. The molecule has 2 aromatic carbocycles. The van der Waals surface area contributed by atoms with Crippen LogP contribution >= 0.6 is 0 Å². The number of rotatable bonds is 3. The van der Waals surface area contributed by atoms with Crippen molar-refractivity contribution in [1.82, 2.24) is 0 Å². The molecule has 1 fully saturated rings. The molecule has 0 bridgehead atoms. The molecule has 0 heteroatoms. The van der Waals surface area contributed by atoms with Crippen LogP contribution in [0.25, 0.3) is 11.6 Å². The van der Waals surface area contributed by atoms with Crippen molar-refractivity contribution in [2.24, 2.45) is 5.92 Å². The van der Waals surface area contributed by atoms with Crippen LogP contribution in [0.2, 0.25) is 0 Å². The highest BCUT2D eigenvalue weighted by atomic mass is 14.4. The molecule has 0 aliphatic heterocycles. The summed E-state index contributed by atoms with van der Waals surface area (Å²) in [6, 6.07) is 15.3. The van der Waals surface area contributed by atoms with Gasteiger partial charge in [0, 0.05) is 0 Å². The molecule has 21 heavy (non-hydrogen) atoms. The van der Waals surface area contributed by atoms with Crippen molar-refractivity contribution >= 4 is 11.6 Å². The predicted octanol–water partition coefficient (Wildman–Crippen LogP) is 5.38. The van der Waals surface area contributed by atoms with Gasteiger partial charge in [-0.15, -0.1) is 0 Å². The zero-order valence-electron chi connectivity index (χ0n) is 12.5. The maximum absolute atomic E-state index is 4.34. The SMILES string of the molecule is C=C(Cc1cccc2c1C=CC1CC21)c1ccccc1C. The summed E-state index contributed by atoms with van der Waals surface area (Å²) in [6.45, 7) is 6.50. The van der Waals surface area contributed by atoms with Gasteiger partial charge >= 0.3 is 0 Å². The van der Waals surface area contributed by atoms with E-state index < -0.39 is 0 Å². The van der Waals surface area contributed by atoms with E-state index >= 15 is 0 Å². The Bertz CT molecular complexity index is 748. The molecule has 4 rings (SSSR count). The third kappa shape index (κ3) is 2.15. The van der Waals surface area contributed by atoms with E-state index in [2.05, 4.69) is 68.1 Å². The Balaban J connectivity index is 1.67. The highest BCUT2D eigenvalue weighted by molar-refractivity contribution is 5.72. The van der Waals surface area contributed by atoms with Gasteiger partial charge in [-0.1, -0.05) is 61.2 Å². The van der Waals surface area contributed by atoms with Gasteiger partial charge in [0.15, 0.2) is 0 Å². The van der Waals surface area contributed by atoms with Crippen LogP contribution in [0.3, 0.4) is 0 Å². The van der Waals surface area contributed by atoms with E-state index in [1.54, 1.807) is 5.56 Å². The smallest absolute Gasteiger partial charge is 0.00196 e. The Morgan fingerprint density at radius 2 is 2.00 bits per heavy atom. The minimum atomic E-state index is 0.789. The quantitative estimate of drug-likeness (QED) is 0.703. The average Bonchev–Trinajstić information content (AvgIpc) is 3.28. The molecule has 2 aromatic rings. The molecule has 1 saturated carbocycles. The molecule has 0 amide bonds. The molecule has 0 aromatic heterocycles. The molecule has 0 N–H and O–H groups in total. The summed E-state index contributed by atoms with van der Waals surface area (Å²) in [7, 11) is 0. The average molecular weight is 272 g/mol. The standard InChI is InChI=1S/C21H20/c1-14-6-3-4-8-18(14)15(2)12-16-7-5-9-20-19(16)11-10-17-13-21(17)20/h3-11,17,21H,2,12-13H2,1H3. The Kier molecular flexibility index (Phi) is 2.85. The normalized spacial score (nSPS) is 21.6. The van der Waals surface area contributed by atoms with Gasteiger partial charge in [0.1, 0.15) is 0 Å². The minimum absolute atomic E-state index is 0.789. The van der Waals surface area contributed by atoms with Gasteiger partial charge in [-0.3, -0.25) is 0 Å². The topological polar surface area (TPSA) is 0 Å². The van der Waals surface area contributed by atoms with Crippen LogP contribution in [-0.2, 0) is 6.42 Å². The van der Waals surface area contributed by atoms with Crippen LogP contribution in [0.5, 0.6) is 0 Å². The largest absolute Gasteiger partial charge is 0.0949 e. The molecule has 2 aliphatic rings. The number of aryl methyl sites for hydroxylation is 1. The fraction of sp³-hybridized carbons (Fsp3) is 0.238. The second-order valence-corrected chi connectivity index (χ2v) is 6.38. The van der Waals surface area contributed by atoms with Crippen molar-refractivity contribution in [1.29, 1.82) is 0 Å². The van der Waals surface area contributed by atoms with Crippen molar-refractivity contribution in [2.45, 2.75) is 25.7 Å². The van der Waals surface area contributed by atoms with Gasteiger partial charge in [-0.2, -0.15) is 0 Å². The third-order valence-corrected chi connectivity index (χ3v) is 4.91. The summed E-state index contributed by atoms with van der Waals surface area (Å²) < 4.78 is 0. The Morgan fingerprint density at radius 3 is 2.86 bits per heavy atom. The van der Waals surface area contributed by atoms with Gasteiger partial charge < -0.3 is 0 Å². The van der Waals surface area contributed by atoms with Crippen molar-refractivity contribution < 1.29 is 0 Å². The van der Waals surface area contributed by atoms with Crippen molar-refractivity contribution in [3.63, 3.8) is 0 Å². The highest BCUT2D eigenvalue weighted by Gasteiger charge is 2.39. The van der Waals surface area contributed by atoms with Crippen LogP contribution in [0.15, 0.2) is 55.1 Å². The first-order valence-electron chi connectivity index (χ1n) is 7.78. The lowest BCUT2D eigenvalue weighted by molar-refractivity contribution is 0.987. The van der Waals surface area contributed by atoms with E-state index in [1.165, 1.54) is 34.2 Å². The van der Waals surface area contributed by atoms with Crippen LogP contribution < -0.4 is 0 Å². The minimum Gasteiger partial charge on any atom is -0.0949 e. The number of hydrogen-bond acceptors (Lipinski definition) is 0. The van der Waals surface area contributed by atoms with E-state index in [1.807, 2.05) is 0 Å². The zero-order valence-corrected chi connectivity index (χ0v) is 12.5. The van der Waals surface area contributed by atoms with E-state index in [-0.39, 0.29) is 0 Å². The Labute approximate surface area is 126 Å². The van der Waals surface area contributed by atoms with Gasteiger partial charge in [0.2, 0.25) is 0 Å². The van der Waals surface area contributed by atoms with E-state index in [0.717, 1.165) is 18.3 Å². The molecule has 2 aliphatic carbocycles. The maximum Gasteiger partial charge on any atom is -0.00196 e. The lowest BCUT2D eigenvalue weighted by Crippen LogP contribution is -2.00. The number of fused-ring (bicyclic) bond motifs is 3.